The Kier molecular flexibility index (Phi) is 14.4. The highest BCUT2D eigenvalue weighted by molar-refractivity contribution is 6.02. The summed E-state index contributed by atoms with van der Waals surface area (Å²) in [5.74, 6) is -5.15. The molecule has 0 bridgehead atoms. The number of halogens is 2. The molecule has 21 nitrogen and oxygen atoms in total. The number of piperazine rings is 2. The van der Waals surface area contributed by atoms with Crippen molar-refractivity contribution in [3.8, 4) is 11.5 Å². The van der Waals surface area contributed by atoms with E-state index in [0.29, 0.717) is 87.4 Å². The number of rotatable bonds is 15. The highest BCUT2D eigenvalue weighted by Crippen LogP contribution is 2.67. The van der Waals surface area contributed by atoms with Crippen molar-refractivity contribution < 1.29 is 66.3 Å². The monoisotopic (exact) mass is 1200 g/mol. The van der Waals surface area contributed by atoms with Gasteiger partial charge in [-0.05, 0) is 108 Å². The van der Waals surface area contributed by atoms with E-state index in [4.69, 9.17) is 23.0 Å². The Morgan fingerprint density at radius 2 is 1.28 bits per heavy atom. The lowest BCUT2D eigenvalue weighted by Gasteiger charge is -2.59. The van der Waals surface area contributed by atoms with Gasteiger partial charge in [-0.25, -0.2) is 23.2 Å². The third-order valence-corrected chi connectivity index (χ3v) is 21.2. The first-order valence-electron chi connectivity index (χ1n) is 30.3. The molecular formula is C64H72F2N6O15. The van der Waals surface area contributed by atoms with Crippen molar-refractivity contribution in [2.24, 2.45) is 28.6 Å². The molecule has 5 saturated carbocycles. The molecule has 23 heteroatoms. The van der Waals surface area contributed by atoms with E-state index in [1.165, 1.54) is 26.6 Å². The number of hydrogen-bond acceptors (Lipinski definition) is 18. The summed E-state index contributed by atoms with van der Waals surface area (Å²) in [5.41, 5.74) is -4.07. The Morgan fingerprint density at radius 1 is 0.747 bits per heavy atom. The summed E-state index contributed by atoms with van der Waals surface area (Å²) < 4.78 is 65.3. The van der Waals surface area contributed by atoms with Crippen LogP contribution in [0.5, 0.6) is 11.5 Å². The summed E-state index contributed by atoms with van der Waals surface area (Å²) in [7, 11) is 2.79. The topological polar surface area (TPSA) is 257 Å². The number of benzene rings is 2. The van der Waals surface area contributed by atoms with E-state index < -0.39 is 86.3 Å². The van der Waals surface area contributed by atoms with Crippen molar-refractivity contribution in [1.82, 2.24) is 18.9 Å². The van der Waals surface area contributed by atoms with Gasteiger partial charge in [-0.1, -0.05) is 25.5 Å². The maximum Gasteiger partial charge on any atom is 0.519 e. The summed E-state index contributed by atoms with van der Waals surface area (Å²) in [6, 6.07) is 1.52. The van der Waals surface area contributed by atoms with E-state index in [1.807, 2.05) is 43.6 Å². The van der Waals surface area contributed by atoms with E-state index in [0.717, 1.165) is 30.5 Å². The fourth-order valence-corrected chi connectivity index (χ4v) is 16.4. The number of carbonyl (C=O) groups excluding carboxylic acids is 3. The van der Waals surface area contributed by atoms with Crippen LogP contribution in [0.3, 0.4) is 0 Å². The predicted molar refractivity (Wildman–Crippen MR) is 313 cm³/mol. The lowest BCUT2D eigenvalue weighted by Crippen LogP contribution is -2.61. The van der Waals surface area contributed by atoms with Gasteiger partial charge in [0.2, 0.25) is 16.6 Å². The average molecular weight is 1200 g/mol. The Balaban J connectivity index is 0.683. The first-order valence-corrected chi connectivity index (χ1v) is 30.3. The second-order valence-electron chi connectivity index (χ2n) is 26.0. The first-order chi connectivity index (χ1) is 41.5. The van der Waals surface area contributed by atoms with E-state index in [9.17, 15) is 48.9 Å². The van der Waals surface area contributed by atoms with E-state index in [1.54, 1.807) is 21.3 Å². The van der Waals surface area contributed by atoms with E-state index in [-0.39, 0.29) is 114 Å². The number of carboxylic acid groups (broad SMARTS) is 1. The van der Waals surface area contributed by atoms with Crippen LogP contribution in [0, 0.1) is 40.2 Å². The molecule has 0 amide bonds. The Morgan fingerprint density at radius 3 is 1.78 bits per heavy atom. The predicted octanol–water partition coefficient (Wildman–Crippen LogP) is 6.68. The minimum Gasteiger partial charge on any atom is -0.492 e. The van der Waals surface area contributed by atoms with Gasteiger partial charge in [0.05, 0.1) is 55.2 Å². The number of aromatic nitrogens is 2. The number of nitrogens with zero attached hydrogens (tertiary/aromatic N) is 6. The third kappa shape index (κ3) is 9.46. The molecule has 0 spiro atoms. The molecule has 2 aromatic carbocycles. The SMILES string of the molecule is COc1c(N2CCN(Cc3oc(=O)oc3CN3CCN(c4c(F)cc5c(=O)c(C(=O)OCC(=O)[C@@]6(O)CCC7C8CCC9=CC(=O)C=C[C@]9(C)C8[C@@H](O)C[C@@]76C)cn(C6CC6)c5c4OC)CC3C)C(C)C2)c(F)cc2c(=O)c(C(=O)O)cn(C3CC3)c12. The van der Waals surface area contributed by atoms with Gasteiger partial charge >= 0.3 is 17.8 Å². The summed E-state index contributed by atoms with van der Waals surface area (Å²) in [6.07, 6.45) is 12.0. The quantitative estimate of drug-likeness (QED) is 0.0923. The van der Waals surface area contributed by atoms with Crippen molar-refractivity contribution in [3.63, 3.8) is 0 Å². The molecule has 7 fully saturated rings. The van der Waals surface area contributed by atoms with Crippen molar-refractivity contribution in [2.75, 3.05) is 69.9 Å². The second kappa shape index (κ2) is 21.4. The molecule has 8 aliphatic rings. The molecule has 5 aromatic rings. The highest BCUT2D eigenvalue weighted by atomic mass is 19.1. The zero-order valence-corrected chi connectivity index (χ0v) is 49.6. The molecule has 0 radical (unpaired) electrons. The molecule has 2 aliphatic heterocycles. The van der Waals surface area contributed by atoms with E-state index >= 15 is 8.78 Å². The molecule has 9 atom stereocenters. The standard InChI is InChI=1S/C64H72F2N6O15/c1-32-25-69(53-44(65)22-39-51(57(53)83-5)71(35-8-9-35)27-41(55(39)76)59(78)79)19-17-67(32)29-47-48(87-61(81)86-47)30-68-18-20-70(26-33(68)2)54-45(66)23-40-52(58(54)84-6)72(36-10-11-36)28-42(56(40)77)60(80)85-31-49(75)64(82)16-14-43-38-12-7-34-21-37(73)13-15-62(34,3)50(38)46(74)24-63(43,64)4/h13,15,21-23,27-28,32-33,35-36,38,43,46,50,74,82H,7-12,14,16-20,24-26,29-31H2,1-6H3,(H,78,79)/t32?,33?,38?,43?,46-,50?,62-,63-,64-/m0/s1. The highest BCUT2D eigenvalue weighted by Gasteiger charge is 2.68. The van der Waals surface area contributed by atoms with Crippen LogP contribution in [0.2, 0.25) is 0 Å². The van der Waals surface area contributed by atoms with Crippen LogP contribution in [0.15, 0.2) is 71.5 Å². The van der Waals surface area contributed by atoms with Crippen molar-refractivity contribution in [2.45, 2.75) is 134 Å². The minimum atomic E-state index is -1.93. The number of allylic oxidation sites excluding steroid dienone is 4. The zero-order chi connectivity index (χ0) is 61.5. The van der Waals surface area contributed by atoms with Gasteiger partial charge < -0.3 is 57.3 Å². The van der Waals surface area contributed by atoms with Crippen LogP contribution in [0.4, 0.5) is 20.2 Å². The van der Waals surface area contributed by atoms with Crippen LogP contribution >= 0.6 is 0 Å². The number of ketones is 2. The number of carboxylic acids is 1. The molecule has 13 rings (SSSR count). The molecular weight excluding hydrogens is 1130 g/mol. The maximum absolute atomic E-state index is 16.9. The smallest absolute Gasteiger partial charge is 0.492 e. The number of fused-ring (bicyclic) bond motifs is 7. The Bertz CT molecular complexity index is 3990. The van der Waals surface area contributed by atoms with Gasteiger partial charge in [-0.3, -0.25) is 29.0 Å². The summed E-state index contributed by atoms with van der Waals surface area (Å²) in [4.78, 5) is 101. The number of aliphatic hydroxyl groups is 2. The van der Waals surface area contributed by atoms with Gasteiger partial charge in [0.1, 0.15) is 28.1 Å². The first kappa shape index (κ1) is 58.5. The van der Waals surface area contributed by atoms with Crippen LogP contribution in [0.1, 0.15) is 130 Å². The molecule has 462 valence electrons. The molecule has 3 aromatic heterocycles. The molecule has 87 heavy (non-hydrogen) atoms. The molecule has 2 saturated heterocycles. The Labute approximate surface area is 498 Å². The lowest BCUT2D eigenvalue weighted by atomic mass is 9.46. The van der Waals surface area contributed by atoms with Crippen molar-refractivity contribution >= 4 is 56.7 Å². The van der Waals surface area contributed by atoms with Gasteiger partial charge in [-0.15, -0.1) is 0 Å². The summed E-state index contributed by atoms with van der Waals surface area (Å²) in [5, 5.41) is 33.8. The van der Waals surface area contributed by atoms with Gasteiger partial charge in [0, 0.05) is 92.6 Å². The number of esters is 1. The number of Topliss-reactive ketones (excluding diaryl/α,β-unsaturated/α-hetero) is 1. The van der Waals surface area contributed by atoms with Gasteiger partial charge in [-0.2, -0.15) is 0 Å². The maximum atomic E-state index is 16.9. The lowest BCUT2D eigenvalue weighted by molar-refractivity contribution is -0.178. The second-order valence-corrected chi connectivity index (χ2v) is 26.0. The number of pyridine rings is 2. The number of ether oxygens (including phenoxy) is 3. The van der Waals surface area contributed by atoms with Crippen molar-refractivity contribution in [3.05, 3.63) is 114 Å². The van der Waals surface area contributed by atoms with E-state index in [2.05, 4.69) is 9.80 Å². The van der Waals surface area contributed by atoms with Crippen LogP contribution in [0.25, 0.3) is 21.8 Å². The van der Waals surface area contributed by atoms with Crippen molar-refractivity contribution in [1.29, 1.82) is 0 Å². The zero-order valence-electron chi connectivity index (χ0n) is 49.6. The summed E-state index contributed by atoms with van der Waals surface area (Å²) in [6.45, 7) is 9.35. The fraction of sp³-hybridized carbons (Fsp3) is 0.547. The number of aromatic carboxylic acids is 1. The van der Waals surface area contributed by atoms with Crippen LogP contribution in [-0.4, -0.2) is 142 Å². The van der Waals surface area contributed by atoms with Gasteiger partial charge in [0.15, 0.2) is 47.0 Å². The largest absolute Gasteiger partial charge is 0.519 e. The summed E-state index contributed by atoms with van der Waals surface area (Å²) >= 11 is 0. The Hall–Kier alpha value is -7.47. The number of aliphatic hydroxyl groups excluding tert-OH is 1. The van der Waals surface area contributed by atoms with Gasteiger partial charge in [0.25, 0.3) is 0 Å². The van der Waals surface area contributed by atoms with Crippen LogP contribution < -0.4 is 36.0 Å². The number of methoxy groups -OCH3 is 2. The number of anilines is 2. The minimum absolute atomic E-state index is 0.0390. The normalized spacial score (nSPS) is 29.2. The number of carbonyl (C=O) groups is 4. The van der Waals surface area contributed by atoms with Crippen LogP contribution in [-0.2, 0) is 27.4 Å². The number of hydrogen-bond donors (Lipinski definition) is 3. The molecule has 3 N–H and O–H groups in total. The third-order valence-electron chi connectivity index (χ3n) is 21.2. The molecule has 5 unspecified atom stereocenters. The average Bonchev–Trinajstić information content (AvgIpc) is 1.69. The molecule has 5 heterocycles. The molecule has 6 aliphatic carbocycles. The fourth-order valence-electron chi connectivity index (χ4n) is 16.4.